The van der Waals surface area contributed by atoms with Crippen molar-refractivity contribution in [2.75, 3.05) is 19.6 Å². The predicted octanol–water partition coefficient (Wildman–Crippen LogP) is 2.96. The van der Waals surface area contributed by atoms with E-state index >= 15 is 0 Å². The Morgan fingerprint density at radius 3 is 2.78 bits per heavy atom. The van der Waals surface area contributed by atoms with Crippen LogP contribution in [0, 0.1) is 0 Å². The van der Waals surface area contributed by atoms with Gasteiger partial charge in [-0.2, -0.15) is 0 Å². The van der Waals surface area contributed by atoms with Gasteiger partial charge in [-0.05, 0) is 51.4 Å². The number of hydrogen-bond acceptors (Lipinski definition) is 2. The standard InChI is InChI=1S/C15H24N2O/c1-2-6-15(18)14-7-12-17(13-14)11-5-10-16-8-3-4-9-16/h7,12-13H,2-6,8-11H2,1H3. The van der Waals surface area contributed by atoms with Gasteiger partial charge in [0.2, 0.25) is 0 Å². The maximum absolute atomic E-state index is 11.7. The maximum atomic E-state index is 11.7. The Balaban J connectivity index is 1.74. The predicted molar refractivity (Wildman–Crippen MR) is 74.0 cm³/mol. The third-order valence-corrected chi connectivity index (χ3v) is 3.64. The van der Waals surface area contributed by atoms with Crippen LogP contribution in [0.5, 0.6) is 0 Å². The second-order valence-corrected chi connectivity index (χ2v) is 5.21. The van der Waals surface area contributed by atoms with E-state index in [-0.39, 0.29) is 5.78 Å². The quantitative estimate of drug-likeness (QED) is 0.693. The highest BCUT2D eigenvalue weighted by Crippen LogP contribution is 2.10. The first-order chi connectivity index (χ1) is 8.79. The van der Waals surface area contributed by atoms with Crippen molar-refractivity contribution in [3.8, 4) is 0 Å². The molecule has 1 aliphatic rings. The van der Waals surface area contributed by atoms with Crippen LogP contribution in [-0.4, -0.2) is 34.9 Å². The lowest BCUT2D eigenvalue weighted by molar-refractivity contribution is 0.0981. The zero-order valence-corrected chi connectivity index (χ0v) is 11.4. The third-order valence-electron chi connectivity index (χ3n) is 3.64. The van der Waals surface area contributed by atoms with Crippen LogP contribution >= 0.6 is 0 Å². The molecule has 3 heteroatoms. The number of Topliss-reactive ketones (excluding diaryl/α,β-unsaturated/α-hetero) is 1. The molecule has 0 spiro atoms. The first-order valence-corrected chi connectivity index (χ1v) is 7.21. The first kappa shape index (κ1) is 13.3. The molecule has 1 aromatic rings. The second-order valence-electron chi connectivity index (χ2n) is 5.21. The molecule has 2 heterocycles. The van der Waals surface area contributed by atoms with Crippen molar-refractivity contribution in [2.24, 2.45) is 0 Å². The normalized spacial score (nSPS) is 16.3. The number of aromatic nitrogens is 1. The van der Waals surface area contributed by atoms with Gasteiger partial charge in [0, 0.05) is 30.9 Å². The maximum Gasteiger partial charge on any atom is 0.164 e. The lowest BCUT2D eigenvalue weighted by atomic mass is 10.1. The number of nitrogens with zero attached hydrogens (tertiary/aromatic N) is 2. The van der Waals surface area contributed by atoms with Crippen molar-refractivity contribution < 1.29 is 4.79 Å². The van der Waals surface area contributed by atoms with Gasteiger partial charge in [-0.1, -0.05) is 6.92 Å². The van der Waals surface area contributed by atoms with Crippen LogP contribution in [-0.2, 0) is 6.54 Å². The monoisotopic (exact) mass is 248 g/mol. The van der Waals surface area contributed by atoms with Crippen molar-refractivity contribution in [1.82, 2.24) is 9.47 Å². The molecule has 1 aliphatic heterocycles. The Bertz CT molecular complexity index is 378. The zero-order valence-electron chi connectivity index (χ0n) is 11.4. The zero-order chi connectivity index (χ0) is 12.8. The highest BCUT2D eigenvalue weighted by atomic mass is 16.1. The SMILES string of the molecule is CCCC(=O)c1ccn(CCCN2CCCC2)c1. The summed E-state index contributed by atoms with van der Waals surface area (Å²) in [6.45, 7) is 6.80. The van der Waals surface area contributed by atoms with Crippen molar-refractivity contribution in [3.63, 3.8) is 0 Å². The molecule has 1 saturated heterocycles. The average Bonchev–Trinajstić information content (AvgIpc) is 3.00. The van der Waals surface area contributed by atoms with Gasteiger partial charge in [-0.25, -0.2) is 0 Å². The molecule has 0 saturated carbocycles. The molecule has 0 aromatic carbocycles. The lowest BCUT2D eigenvalue weighted by Gasteiger charge is -2.14. The van der Waals surface area contributed by atoms with E-state index in [1.165, 1.54) is 38.9 Å². The van der Waals surface area contributed by atoms with Gasteiger partial charge in [0.15, 0.2) is 5.78 Å². The minimum absolute atomic E-state index is 0.274. The molecular formula is C15H24N2O. The van der Waals surface area contributed by atoms with Crippen LogP contribution in [0.2, 0.25) is 0 Å². The summed E-state index contributed by atoms with van der Waals surface area (Å²) in [5, 5.41) is 0. The average molecular weight is 248 g/mol. The molecule has 3 nitrogen and oxygen atoms in total. The Labute approximate surface area is 110 Å². The molecule has 0 N–H and O–H groups in total. The number of ketones is 1. The van der Waals surface area contributed by atoms with Gasteiger partial charge in [0.05, 0.1) is 0 Å². The molecule has 1 fully saturated rings. The van der Waals surface area contributed by atoms with Crippen LogP contribution in [0.1, 0.15) is 49.4 Å². The molecule has 2 rings (SSSR count). The molecule has 0 unspecified atom stereocenters. The molecule has 0 radical (unpaired) electrons. The topological polar surface area (TPSA) is 25.2 Å². The Hall–Kier alpha value is -1.09. The van der Waals surface area contributed by atoms with Crippen molar-refractivity contribution in [3.05, 3.63) is 24.0 Å². The summed E-state index contributed by atoms with van der Waals surface area (Å²) in [4.78, 5) is 14.3. The first-order valence-electron chi connectivity index (χ1n) is 7.21. The molecule has 100 valence electrons. The summed E-state index contributed by atoms with van der Waals surface area (Å²) in [7, 11) is 0. The van der Waals surface area contributed by atoms with E-state index in [4.69, 9.17) is 0 Å². The van der Waals surface area contributed by atoms with Crippen molar-refractivity contribution >= 4 is 5.78 Å². The molecule has 0 amide bonds. The van der Waals surface area contributed by atoms with Crippen molar-refractivity contribution in [1.29, 1.82) is 0 Å². The molecule has 1 aromatic heterocycles. The van der Waals surface area contributed by atoms with Crippen LogP contribution in [0.15, 0.2) is 18.5 Å². The Morgan fingerprint density at radius 1 is 1.28 bits per heavy atom. The number of carbonyl (C=O) groups is 1. The number of likely N-dealkylation sites (tertiary alicyclic amines) is 1. The summed E-state index contributed by atoms with van der Waals surface area (Å²) in [5.74, 6) is 0.274. The minimum atomic E-state index is 0.274. The fraction of sp³-hybridized carbons (Fsp3) is 0.667. The summed E-state index contributed by atoms with van der Waals surface area (Å²) < 4.78 is 2.15. The Kier molecular flexibility index (Phi) is 5.00. The van der Waals surface area contributed by atoms with E-state index in [9.17, 15) is 4.79 Å². The smallest absolute Gasteiger partial charge is 0.164 e. The number of hydrogen-bond donors (Lipinski definition) is 0. The third kappa shape index (κ3) is 3.70. The molecule has 0 aliphatic carbocycles. The van der Waals surface area contributed by atoms with Gasteiger partial charge in [-0.3, -0.25) is 4.79 Å². The van der Waals surface area contributed by atoms with Crippen LogP contribution in [0.4, 0.5) is 0 Å². The van der Waals surface area contributed by atoms with Crippen LogP contribution in [0.25, 0.3) is 0 Å². The van der Waals surface area contributed by atoms with E-state index in [0.29, 0.717) is 6.42 Å². The molecular weight excluding hydrogens is 224 g/mol. The van der Waals surface area contributed by atoms with Gasteiger partial charge in [0.25, 0.3) is 0 Å². The van der Waals surface area contributed by atoms with Gasteiger partial charge in [-0.15, -0.1) is 0 Å². The van der Waals surface area contributed by atoms with Crippen molar-refractivity contribution in [2.45, 2.75) is 45.6 Å². The summed E-state index contributed by atoms with van der Waals surface area (Å²) in [6.07, 6.45) is 9.53. The highest BCUT2D eigenvalue weighted by Gasteiger charge is 2.10. The summed E-state index contributed by atoms with van der Waals surface area (Å²) in [6, 6.07) is 1.95. The second kappa shape index (κ2) is 6.74. The number of carbonyl (C=O) groups excluding carboxylic acids is 1. The van der Waals surface area contributed by atoms with Gasteiger partial charge < -0.3 is 9.47 Å². The van der Waals surface area contributed by atoms with E-state index in [0.717, 1.165) is 18.5 Å². The highest BCUT2D eigenvalue weighted by molar-refractivity contribution is 5.95. The fourth-order valence-corrected chi connectivity index (χ4v) is 2.60. The van der Waals surface area contributed by atoms with E-state index < -0.39 is 0 Å². The number of rotatable bonds is 7. The summed E-state index contributed by atoms with van der Waals surface area (Å²) >= 11 is 0. The van der Waals surface area contributed by atoms with Crippen LogP contribution < -0.4 is 0 Å². The van der Waals surface area contributed by atoms with E-state index in [1.807, 2.05) is 25.4 Å². The lowest BCUT2D eigenvalue weighted by Crippen LogP contribution is -2.21. The summed E-state index contributed by atoms with van der Waals surface area (Å²) in [5.41, 5.74) is 0.873. The molecule has 18 heavy (non-hydrogen) atoms. The fourth-order valence-electron chi connectivity index (χ4n) is 2.60. The molecule has 0 bridgehead atoms. The van der Waals surface area contributed by atoms with E-state index in [2.05, 4.69) is 9.47 Å². The number of aryl methyl sites for hydroxylation is 1. The minimum Gasteiger partial charge on any atom is -0.353 e. The Morgan fingerprint density at radius 2 is 2.06 bits per heavy atom. The van der Waals surface area contributed by atoms with Crippen LogP contribution in [0.3, 0.4) is 0 Å². The molecule has 0 atom stereocenters. The van der Waals surface area contributed by atoms with Gasteiger partial charge >= 0.3 is 0 Å². The largest absolute Gasteiger partial charge is 0.353 e. The van der Waals surface area contributed by atoms with Gasteiger partial charge in [0.1, 0.15) is 0 Å². The van der Waals surface area contributed by atoms with E-state index in [1.54, 1.807) is 0 Å².